The van der Waals surface area contributed by atoms with Crippen molar-refractivity contribution in [2.45, 2.75) is 6.04 Å². The van der Waals surface area contributed by atoms with E-state index in [1.165, 1.54) is 4.90 Å². The average molecular weight is 225 g/mol. The second kappa shape index (κ2) is 3.53. The van der Waals surface area contributed by atoms with Crippen LogP contribution < -0.4 is 10.6 Å². The van der Waals surface area contributed by atoms with Crippen LogP contribution in [0, 0.1) is 15.9 Å². The lowest BCUT2D eigenvalue weighted by Crippen LogP contribution is -2.61. The number of rotatable bonds is 2. The Bertz CT molecular complexity index is 477. The molecule has 2 rings (SSSR count). The number of nitro benzene ring substituents is 1. The Balaban J connectivity index is 2.35. The summed E-state index contributed by atoms with van der Waals surface area (Å²) in [5, 5.41) is 10.5. The van der Waals surface area contributed by atoms with E-state index in [0.29, 0.717) is 0 Å². The molecule has 0 saturated carbocycles. The van der Waals surface area contributed by atoms with Gasteiger partial charge in [0.25, 0.3) is 5.69 Å². The van der Waals surface area contributed by atoms with Gasteiger partial charge in [-0.25, -0.2) is 4.39 Å². The van der Waals surface area contributed by atoms with Crippen LogP contribution in [0.4, 0.5) is 15.8 Å². The highest BCUT2D eigenvalue weighted by Crippen LogP contribution is 2.26. The number of hydrogen-bond acceptors (Lipinski definition) is 4. The Hall–Kier alpha value is -2.02. The zero-order valence-corrected chi connectivity index (χ0v) is 8.09. The van der Waals surface area contributed by atoms with E-state index < -0.39 is 16.8 Å². The largest absolute Gasteiger partial charge is 0.318 e. The molecule has 0 radical (unpaired) electrons. The monoisotopic (exact) mass is 225 g/mol. The molecule has 1 aliphatic heterocycles. The van der Waals surface area contributed by atoms with Gasteiger partial charge in [-0.3, -0.25) is 14.9 Å². The number of anilines is 1. The summed E-state index contributed by atoms with van der Waals surface area (Å²) in [6.07, 6.45) is 0. The van der Waals surface area contributed by atoms with Gasteiger partial charge in [-0.1, -0.05) is 0 Å². The lowest BCUT2D eigenvalue weighted by atomic mass is 10.1. The molecule has 0 aromatic heterocycles. The van der Waals surface area contributed by atoms with E-state index in [1.54, 1.807) is 0 Å². The molecule has 16 heavy (non-hydrogen) atoms. The molecule has 1 aliphatic rings. The number of non-ortho nitro benzene ring substituents is 1. The molecule has 6 nitrogen and oxygen atoms in total. The van der Waals surface area contributed by atoms with Crippen molar-refractivity contribution in [3.8, 4) is 0 Å². The lowest BCUT2D eigenvalue weighted by Gasteiger charge is -2.35. The maximum absolute atomic E-state index is 13.1. The molecule has 0 aliphatic carbocycles. The van der Waals surface area contributed by atoms with Crippen LogP contribution in [0.15, 0.2) is 18.2 Å². The zero-order chi connectivity index (χ0) is 11.9. The minimum absolute atomic E-state index is 0.165. The minimum Gasteiger partial charge on any atom is -0.318 e. The van der Waals surface area contributed by atoms with Crippen LogP contribution in [0.1, 0.15) is 0 Å². The summed E-state index contributed by atoms with van der Waals surface area (Å²) in [5.41, 5.74) is 5.15. The molecule has 1 atom stereocenters. The van der Waals surface area contributed by atoms with Gasteiger partial charge in [0.1, 0.15) is 11.9 Å². The molecule has 1 saturated heterocycles. The zero-order valence-electron chi connectivity index (χ0n) is 8.09. The fraction of sp³-hybridized carbons (Fsp3) is 0.222. The van der Waals surface area contributed by atoms with Gasteiger partial charge in [-0.15, -0.1) is 0 Å². The second-order valence-corrected chi connectivity index (χ2v) is 3.48. The molecule has 1 aromatic rings. The predicted octanol–water partition coefficient (Wildman–Crippen LogP) is 0.408. The number of β-lactam (4-membered cyclic amide) rings is 1. The standard InChI is InChI=1S/C9H8FN3O3/c10-5-1-6(3-7(2-5)13(15)16)12-4-8(11)9(12)14/h1-3,8H,4,11H2. The predicted molar refractivity (Wildman–Crippen MR) is 53.4 cm³/mol. The molecule has 1 fully saturated rings. The van der Waals surface area contributed by atoms with Gasteiger partial charge in [0.2, 0.25) is 5.91 Å². The number of amides is 1. The third-order valence-corrected chi connectivity index (χ3v) is 2.35. The van der Waals surface area contributed by atoms with Crippen LogP contribution >= 0.6 is 0 Å². The topological polar surface area (TPSA) is 89.5 Å². The summed E-state index contributed by atoms with van der Waals surface area (Å²) in [7, 11) is 0. The first-order valence-electron chi connectivity index (χ1n) is 4.51. The van der Waals surface area contributed by atoms with Gasteiger partial charge in [0, 0.05) is 6.07 Å². The molecule has 1 heterocycles. The Labute approximate surface area is 89.6 Å². The Morgan fingerprint density at radius 1 is 1.50 bits per heavy atom. The van der Waals surface area contributed by atoms with Gasteiger partial charge >= 0.3 is 0 Å². The fourth-order valence-electron chi connectivity index (χ4n) is 1.51. The van der Waals surface area contributed by atoms with Crippen molar-refractivity contribution in [2.75, 3.05) is 11.4 Å². The molecule has 84 valence electrons. The number of carbonyl (C=O) groups is 1. The van der Waals surface area contributed by atoms with Crippen LogP contribution in [0.25, 0.3) is 0 Å². The van der Waals surface area contributed by atoms with E-state index in [2.05, 4.69) is 0 Å². The number of benzene rings is 1. The fourth-order valence-corrected chi connectivity index (χ4v) is 1.51. The van der Waals surface area contributed by atoms with Gasteiger partial charge in [-0.05, 0) is 6.07 Å². The van der Waals surface area contributed by atoms with Crippen LogP contribution in [0.2, 0.25) is 0 Å². The van der Waals surface area contributed by atoms with Crippen molar-refractivity contribution in [3.05, 3.63) is 34.1 Å². The summed E-state index contributed by atoms with van der Waals surface area (Å²) < 4.78 is 13.1. The lowest BCUT2D eigenvalue weighted by molar-refractivity contribution is -0.385. The third-order valence-electron chi connectivity index (χ3n) is 2.35. The number of nitrogens with two attached hydrogens (primary N) is 1. The molecule has 1 aromatic carbocycles. The number of carbonyl (C=O) groups excluding carboxylic acids is 1. The van der Waals surface area contributed by atoms with E-state index in [1.807, 2.05) is 0 Å². The number of hydrogen-bond donors (Lipinski definition) is 1. The Kier molecular flexibility index (Phi) is 2.31. The van der Waals surface area contributed by atoms with Gasteiger partial charge in [-0.2, -0.15) is 0 Å². The van der Waals surface area contributed by atoms with E-state index in [0.717, 1.165) is 18.2 Å². The Morgan fingerprint density at radius 2 is 2.19 bits per heavy atom. The van der Waals surface area contributed by atoms with Gasteiger partial charge in [0.15, 0.2) is 0 Å². The second-order valence-electron chi connectivity index (χ2n) is 3.48. The van der Waals surface area contributed by atoms with Crippen LogP contribution in [0.3, 0.4) is 0 Å². The minimum atomic E-state index is -0.752. The van der Waals surface area contributed by atoms with Crippen molar-refractivity contribution < 1.29 is 14.1 Å². The van der Waals surface area contributed by atoms with Crippen molar-refractivity contribution in [1.82, 2.24) is 0 Å². The summed E-state index contributed by atoms with van der Waals surface area (Å²) in [6, 6.07) is 2.42. The molecular weight excluding hydrogens is 217 g/mol. The van der Waals surface area contributed by atoms with Crippen molar-refractivity contribution in [1.29, 1.82) is 0 Å². The quantitative estimate of drug-likeness (QED) is 0.448. The summed E-state index contributed by atoms with van der Waals surface area (Å²) in [5.74, 6) is -1.11. The van der Waals surface area contributed by atoms with Crippen molar-refractivity contribution >= 4 is 17.3 Å². The number of nitro groups is 1. The number of nitrogens with zero attached hydrogens (tertiary/aromatic N) is 2. The Morgan fingerprint density at radius 3 is 2.69 bits per heavy atom. The first kappa shape index (κ1) is 10.5. The van der Waals surface area contributed by atoms with Gasteiger partial charge < -0.3 is 10.6 Å². The summed E-state index contributed by atoms with van der Waals surface area (Å²) in [4.78, 5) is 22.3. The maximum atomic E-state index is 13.1. The van der Waals surface area contributed by atoms with E-state index >= 15 is 0 Å². The highest BCUT2D eigenvalue weighted by atomic mass is 19.1. The highest BCUT2D eigenvalue weighted by Gasteiger charge is 2.35. The summed E-state index contributed by atoms with van der Waals surface area (Å²) >= 11 is 0. The highest BCUT2D eigenvalue weighted by molar-refractivity contribution is 6.04. The average Bonchev–Trinajstić information content (AvgIpc) is 2.24. The molecule has 2 N–H and O–H groups in total. The van der Waals surface area contributed by atoms with Crippen LogP contribution in [-0.4, -0.2) is 23.4 Å². The molecule has 1 unspecified atom stereocenters. The smallest absolute Gasteiger partial charge is 0.274 e. The van der Waals surface area contributed by atoms with E-state index in [4.69, 9.17) is 5.73 Å². The SMILES string of the molecule is NC1CN(c2cc(F)cc([N+](=O)[O-])c2)C1=O. The first-order valence-corrected chi connectivity index (χ1v) is 4.51. The molecular formula is C9H8FN3O3. The molecule has 0 spiro atoms. The van der Waals surface area contributed by atoms with E-state index in [9.17, 15) is 19.3 Å². The summed E-state index contributed by atoms with van der Waals surface area (Å²) in [6.45, 7) is 0.249. The molecule has 1 amide bonds. The van der Waals surface area contributed by atoms with Crippen LogP contribution in [-0.2, 0) is 4.79 Å². The van der Waals surface area contributed by atoms with Crippen LogP contribution in [0.5, 0.6) is 0 Å². The van der Waals surface area contributed by atoms with Gasteiger partial charge in [0.05, 0.1) is 23.2 Å². The number of halogens is 1. The normalized spacial score (nSPS) is 19.5. The van der Waals surface area contributed by atoms with Crippen molar-refractivity contribution in [2.24, 2.45) is 5.73 Å². The first-order chi connectivity index (χ1) is 7.49. The molecule has 0 bridgehead atoms. The van der Waals surface area contributed by atoms with Crippen molar-refractivity contribution in [3.63, 3.8) is 0 Å². The maximum Gasteiger partial charge on any atom is 0.274 e. The third kappa shape index (κ3) is 1.61. The molecule has 7 heteroatoms. The van der Waals surface area contributed by atoms with E-state index in [-0.39, 0.29) is 23.8 Å².